The maximum absolute atomic E-state index is 10.9. The van der Waals surface area contributed by atoms with E-state index >= 15 is 0 Å². The molecule has 0 bridgehead atoms. The molecule has 4 nitrogen and oxygen atoms in total. The van der Waals surface area contributed by atoms with Crippen molar-refractivity contribution in [3.8, 4) is 0 Å². The monoisotopic (exact) mass is 345 g/mol. The summed E-state index contributed by atoms with van der Waals surface area (Å²) < 4.78 is 5.97. The van der Waals surface area contributed by atoms with Crippen LogP contribution in [0.25, 0.3) is 0 Å². The van der Waals surface area contributed by atoms with E-state index < -0.39 is 5.97 Å². The summed E-state index contributed by atoms with van der Waals surface area (Å²) in [5.41, 5.74) is 2.49. The molecule has 0 aliphatic carbocycles. The number of benzene rings is 2. The number of hydrogen-bond acceptors (Lipinski definition) is 3. The van der Waals surface area contributed by atoms with Crippen LogP contribution in [0.15, 0.2) is 48.5 Å². The van der Waals surface area contributed by atoms with Gasteiger partial charge in [-0.15, -0.1) is 0 Å². The average Bonchev–Trinajstić information content (AvgIpc) is 2.57. The molecule has 126 valence electrons. The number of ether oxygens (including phenoxy) is 1. The van der Waals surface area contributed by atoms with Crippen molar-refractivity contribution < 1.29 is 14.6 Å². The zero-order chi connectivity index (χ0) is 17.1. The second-order valence-electron chi connectivity index (χ2n) is 6.16. The summed E-state index contributed by atoms with van der Waals surface area (Å²) in [6.45, 7) is 4.34. The van der Waals surface area contributed by atoms with Crippen molar-refractivity contribution in [2.24, 2.45) is 0 Å². The van der Waals surface area contributed by atoms with Gasteiger partial charge in [-0.3, -0.25) is 4.90 Å². The minimum absolute atomic E-state index is 0.00167. The van der Waals surface area contributed by atoms with Gasteiger partial charge in [-0.1, -0.05) is 35.9 Å². The SMILES string of the molecule is CC1COC(c2cccc(Cl)c2)CN1Cc1ccc(C(=O)O)cc1. The third kappa shape index (κ3) is 3.96. The average molecular weight is 346 g/mol. The lowest BCUT2D eigenvalue weighted by Crippen LogP contribution is -2.44. The van der Waals surface area contributed by atoms with Crippen molar-refractivity contribution in [3.05, 3.63) is 70.2 Å². The molecule has 2 aromatic carbocycles. The van der Waals surface area contributed by atoms with Crippen LogP contribution in [0.5, 0.6) is 0 Å². The number of morpholine rings is 1. The third-order valence-electron chi connectivity index (χ3n) is 4.37. The van der Waals surface area contributed by atoms with Gasteiger partial charge in [-0.25, -0.2) is 4.79 Å². The third-order valence-corrected chi connectivity index (χ3v) is 4.60. The van der Waals surface area contributed by atoms with Crippen molar-refractivity contribution in [3.63, 3.8) is 0 Å². The smallest absolute Gasteiger partial charge is 0.335 e. The molecule has 3 rings (SSSR count). The largest absolute Gasteiger partial charge is 0.478 e. The van der Waals surface area contributed by atoms with Crippen molar-refractivity contribution >= 4 is 17.6 Å². The summed E-state index contributed by atoms with van der Waals surface area (Å²) in [4.78, 5) is 13.3. The number of hydrogen-bond donors (Lipinski definition) is 1. The van der Waals surface area contributed by atoms with Crippen LogP contribution in [0.2, 0.25) is 5.02 Å². The quantitative estimate of drug-likeness (QED) is 0.910. The second-order valence-corrected chi connectivity index (χ2v) is 6.59. The number of carboxylic acid groups (broad SMARTS) is 1. The Morgan fingerprint density at radius 3 is 2.71 bits per heavy atom. The molecule has 0 radical (unpaired) electrons. The second kappa shape index (κ2) is 7.34. The van der Waals surface area contributed by atoms with E-state index in [1.165, 1.54) is 0 Å². The summed E-state index contributed by atoms with van der Waals surface area (Å²) in [5, 5.41) is 9.70. The molecule has 1 saturated heterocycles. The first-order valence-corrected chi connectivity index (χ1v) is 8.34. The molecule has 1 aliphatic rings. The Kier molecular flexibility index (Phi) is 5.19. The number of halogens is 1. The zero-order valence-electron chi connectivity index (χ0n) is 13.5. The van der Waals surface area contributed by atoms with E-state index in [-0.39, 0.29) is 6.10 Å². The van der Waals surface area contributed by atoms with Crippen LogP contribution in [0.3, 0.4) is 0 Å². The van der Waals surface area contributed by atoms with E-state index in [0.717, 1.165) is 24.2 Å². The highest BCUT2D eigenvalue weighted by Crippen LogP contribution is 2.27. The molecular formula is C19H20ClNO3. The van der Waals surface area contributed by atoms with Gasteiger partial charge in [0.2, 0.25) is 0 Å². The van der Waals surface area contributed by atoms with Gasteiger partial charge in [-0.05, 0) is 42.3 Å². The molecule has 2 aromatic rings. The van der Waals surface area contributed by atoms with Crippen LogP contribution in [0.4, 0.5) is 0 Å². The Morgan fingerprint density at radius 2 is 2.04 bits per heavy atom. The van der Waals surface area contributed by atoms with E-state index in [1.807, 2.05) is 36.4 Å². The Balaban J connectivity index is 1.71. The first-order valence-electron chi connectivity index (χ1n) is 7.96. The molecule has 5 heteroatoms. The lowest BCUT2D eigenvalue weighted by Gasteiger charge is -2.38. The van der Waals surface area contributed by atoms with Crippen LogP contribution < -0.4 is 0 Å². The lowest BCUT2D eigenvalue weighted by atomic mass is 10.0. The molecule has 0 saturated carbocycles. The van der Waals surface area contributed by atoms with Gasteiger partial charge < -0.3 is 9.84 Å². The predicted octanol–water partition coefficient (Wildman–Crippen LogP) is 4.00. The van der Waals surface area contributed by atoms with E-state index in [2.05, 4.69) is 11.8 Å². The molecule has 0 aromatic heterocycles. The molecule has 24 heavy (non-hydrogen) atoms. The predicted molar refractivity (Wildman–Crippen MR) is 93.4 cm³/mol. The minimum Gasteiger partial charge on any atom is -0.478 e. The van der Waals surface area contributed by atoms with Gasteiger partial charge in [-0.2, -0.15) is 0 Å². The minimum atomic E-state index is -0.901. The summed E-state index contributed by atoms with van der Waals surface area (Å²) >= 11 is 6.08. The van der Waals surface area contributed by atoms with Crippen LogP contribution in [0, 0.1) is 0 Å². The van der Waals surface area contributed by atoms with E-state index in [4.69, 9.17) is 21.4 Å². The molecule has 2 unspecified atom stereocenters. The van der Waals surface area contributed by atoms with Gasteiger partial charge in [0, 0.05) is 24.2 Å². The van der Waals surface area contributed by atoms with Crippen molar-refractivity contribution in [2.75, 3.05) is 13.2 Å². The maximum atomic E-state index is 10.9. The molecule has 1 N–H and O–H groups in total. The summed E-state index contributed by atoms with van der Waals surface area (Å²) in [6.07, 6.45) is -0.00167. The fourth-order valence-electron chi connectivity index (χ4n) is 2.92. The fraction of sp³-hybridized carbons (Fsp3) is 0.316. The molecule has 2 atom stereocenters. The molecule has 0 spiro atoms. The van der Waals surface area contributed by atoms with Crippen LogP contribution in [-0.2, 0) is 11.3 Å². The summed E-state index contributed by atoms with van der Waals surface area (Å²) in [7, 11) is 0. The first kappa shape index (κ1) is 17.0. The Bertz CT molecular complexity index is 717. The van der Waals surface area contributed by atoms with Crippen LogP contribution in [0.1, 0.15) is 34.5 Å². The van der Waals surface area contributed by atoms with Crippen LogP contribution >= 0.6 is 11.6 Å². The number of carbonyl (C=O) groups is 1. The molecule has 0 amide bonds. The van der Waals surface area contributed by atoms with Gasteiger partial charge in [0.1, 0.15) is 0 Å². The van der Waals surface area contributed by atoms with E-state index in [9.17, 15) is 4.79 Å². The highest BCUT2D eigenvalue weighted by Gasteiger charge is 2.27. The highest BCUT2D eigenvalue weighted by molar-refractivity contribution is 6.30. The number of rotatable bonds is 4. The van der Waals surface area contributed by atoms with Crippen molar-refractivity contribution in [2.45, 2.75) is 25.6 Å². The lowest BCUT2D eigenvalue weighted by molar-refractivity contribution is -0.0633. The Labute approximate surface area is 146 Å². The fourth-order valence-corrected chi connectivity index (χ4v) is 3.12. The summed E-state index contributed by atoms with van der Waals surface area (Å²) in [5.74, 6) is -0.901. The Morgan fingerprint density at radius 1 is 1.29 bits per heavy atom. The normalized spacial score (nSPS) is 21.6. The van der Waals surface area contributed by atoms with Gasteiger partial charge in [0.05, 0.1) is 18.3 Å². The Hall–Kier alpha value is -1.88. The zero-order valence-corrected chi connectivity index (χ0v) is 14.2. The van der Waals surface area contributed by atoms with Crippen molar-refractivity contribution in [1.29, 1.82) is 0 Å². The van der Waals surface area contributed by atoms with E-state index in [1.54, 1.807) is 12.1 Å². The molecular weight excluding hydrogens is 326 g/mol. The topological polar surface area (TPSA) is 49.8 Å². The molecule has 1 heterocycles. The molecule has 1 aliphatic heterocycles. The standard InChI is InChI=1S/C19H20ClNO3/c1-13-12-24-18(16-3-2-4-17(20)9-16)11-21(13)10-14-5-7-15(8-6-14)19(22)23/h2-9,13,18H,10-12H2,1H3,(H,22,23). The van der Waals surface area contributed by atoms with Gasteiger partial charge >= 0.3 is 5.97 Å². The van der Waals surface area contributed by atoms with Gasteiger partial charge in [0.15, 0.2) is 0 Å². The number of nitrogens with zero attached hydrogens (tertiary/aromatic N) is 1. The van der Waals surface area contributed by atoms with Crippen LogP contribution in [-0.4, -0.2) is 35.2 Å². The number of aromatic carboxylic acids is 1. The summed E-state index contributed by atoms with van der Waals surface area (Å²) in [6, 6.07) is 15.1. The number of carboxylic acids is 1. The van der Waals surface area contributed by atoms with Gasteiger partial charge in [0.25, 0.3) is 0 Å². The molecule has 1 fully saturated rings. The first-order chi connectivity index (χ1) is 11.5. The maximum Gasteiger partial charge on any atom is 0.335 e. The van der Waals surface area contributed by atoms with E-state index in [0.29, 0.717) is 23.2 Å². The highest BCUT2D eigenvalue weighted by atomic mass is 35.5. The van der Waals surface area contributed by atoms with Crippen molar-refractivity contribution in [1.82, 2.24) is 4.90 Å².